The van der Waals surface area contributed by atoms with Crippen LogP contribution in [-0.4, -0.2) is 34.3 Å². The van der Waals surface area contributed by atoms with E-state index >= 15 is 0 Å². The van der Waals surface area contributed by atoms with Crippen molar-refractivity contribution in [2.75, 3.05) is 11.9 Å². The predicted octanol–water partition coefficient (Wildman–Crippen LogP) is 2.39. The van der Waals surface area contributed by atoms with Crippen LogP contribution in [0.2, 0.25) is 0 Å². The summed E-state index contributed by atoms with van der Waals surface area (Å²) >= 11 is 3.25. The monoisotopic (exact) mass is 374 g/mol. The third-order valence-electron chi connectivity index (χ3n) is 3.39. The van der Waals surface area contributed by atoms with Crippen molar-refractivity contribution < 1.29 is 19.5 Å². The predicted molar refractivity (Wildman–Crippen MR) is 86.2 cm³/mol. The number of amides is 3. The quantitative estimate of drug-likeness (QED) is 0.637. The molecule has 0 aliphatic carbocycles. The van der Waals surface area contributed by atoms with E-state index in [-0.39, 0.29) is 23.4 Å². The van der Waals surface area contributed by atoms with Crippen LogP contribution < -0.4 is 5.32 Å². The summed E-state index contributed by atoms with van der Waals surface area (Å²) in [5.74, 6) is -1.40. The number of phenolic OH excluding ortho intramolecular Hbond substituents is 1. The average Bonchev–Trinajstić information content (AvgIpc) is 2.74. The largest absolute Gasteiger partial charge is 0.508 e. The van der Waals surface area contributed by atoms with Crippen molar-refractivity contribution in [3.8, 4) is 5.75 Å². The zero-order valence-corrected chi connectivity index (χ0v) is 13.3. The molecule has 23 heavy (non-hydrogen) atoms. The number of anilines is 1. The Bertz CT molecular complexity index is 817. The van der Waals surface area contributed by atoms with Crippen LogP contribution in [0.5, 0.6) is 5.75 Å². The van der Waals surface area contributed by atoms with E-state index in [1.165, 1.54) is 24.3 Å². The normalized spacial score (nSPS) is 13.2. The van der Waals surface area contributed by atoms with Crippen LogP contribution in [0.1, 0.15) is 20.7 Å². The third-order valence-corrected chi connectivity index (χ3v) is 3.88. The second-order valence-electron chi connectivity index (χ2n) is 4.98. The van der Waals surface area contributed by atoms with Crippen molar-refractivity contribution in [1.29, 1.82) is 0 Å². The molecule has 0 atom stereocenters. The number of fused-ring (bicyclic) bond motifs is 1. The first-order chi connectivity index (χ1) is 11.0. The fraction of sp³-hybridized carbons (Fsp3) is 0.0625. The van der Waals surface area contributed by atoms with E-state index in [1.54, 1.807) is 18.2 Å². The lowest BCUT2D eigenvalue weighted by Crippen LogP contribution is -2.37. The molecule has 1 aliphatic heterocycles. The van der Waals surface area contributed by atoms with Crippen LogP contribution in [0.15, 0.2) is 46.9 Å². The van der Waals surface area contributed by atoms with Crippen molar-refractivity contribution in [2.45, 2.75) is 0 Å². The van der Waals surface area contributed by atoms with E-state index in [0.29, 0.717) is 10.2 Å². The van der Waals surface area contributed by atoms with Gasteiger partial charge in [0.05, 0.1) is 11.1 Å². The van der Waals surface area contributed by atoms with Crippen LogP contribution in [0.25, 0.3) is 0 Å². The number of carbonyl (C=O) groups is 3. The number of rotatable bonds is 3. The molecule has 7 heteroatoms. The molecule has 3 amide bonds. The first-order valence-electron chi connectivity index (χ1n) is 6.70. The lowest BCUT2D eigenvalue weighted by Gasteiger charge is -2.13. The number of benzene rings is 2. The van der Waals surface area contributed by atoms with Gasteiger partial charge in [0.2, 0.25) is 5.91 Å². The number of phenols is 1. The summed E-state index contributed by atoms with van der Waals surface area (Å²) < 4.78 is 0.688. The lowest BCUT2D eigenvalue weighted by molar-refractivity contribution is -0.116. The molecule has 6 nitrogen and oxygen atoms in total. The molecule has 0 fully saturated rings. The Kier molecular flexibility index (Phi) is 3.87. The molecule has 0 bridgehead atoms. The maximum absolute atomic E-state index is 12.3. The molecule has 3 rings (SSSR count). The molecule has 0 saturated carbocycles. The number of hydrogen-bond donors (Lipinski definition) is 2. The van der Waals surface area contributed by atoms with Crippen LogP contribution in [0.3, 0.4) is 0 Å². The highest BCUT2D eigenvalue weighted by atomic mass is 79.9. The van der Waals surface area contributed by atoms with Gasteiger partial charge in [-0.15, -0.1) is 0 Å². The molecular formula is C16H11BrN2O4. The zero-order valence-electron chi connectivity index (χ0n) is 11.7. The smallest absolute Gasteiger partial charge is 0.262 e. The molecule has 2 aromatic carbocycles. The van der Waals surface area contributed by atoms with E-state index in [1.807, 2.05) is 0 Å². The molecule has 0 radical (unpaired) electrons. The first-order valence-corrected chi connectivity index (χ1v) is 7.49. The van der Waals surface area contributed by atoms with Crippen LogP contribution in [0, 0.1) is 0 Å². The van der Waals surface area contributed by atoms with Crippen molar-refractivity contribution in [2.24, 2.45) is 0 Å². The van der Waals surface area contributed by atoms with E-state index < -0.39 is 17.7 Å². The second-order valence-corrected chi connectivity index (χ2v) is 5.90. The second kappa shape index (κ2) is 5.85. The number of halogens is 1. The summed E-state index contributed by atoms with van der Waals surface area (Å²) in [5.41, 5.74) is 1.03. The lowest BCUT2D eigenvalue weighted by atomic mass is 10.1. The molecule has 2 N–H and O–H groups in total. The summed E-state index contributed by atoms with van der Waals surface area (Å²) in [5, 5.41) is 11.8. The van der Waals surface area contributed by atoms with Gasteiger partial charge in [0.25, 0.3) is 11.8 Å². The van der Waals surface area contributed by atoms with Crippen LogP contribution in [0.4, 0.5) is 5.69 Å². The number of imide groups is 1. The Morgan fingerprint density at radius 1 is 1.04 bits per heavy atom. The molecule has 116 valence electrons. The first kappa shape index (κ1) is 15.2. The van der Waals surface area contributed by atoms with Crippen molar-refractivity contribution in [3.63, 3.8) is 0 Å². The fourth-order valence-electron chi connectivity index (χ4n) is 2.30. The van der Waals surface area contributed by atoms with Gasteiger partial charge in [-0.25, -0.2) is 0 Å². The van der Waals surface area contributed by atoms with Crippen LogP contribution in [-0.2, 0) is 4.79 Å². The topological polar surface area (TPSA) is 86.7 Å². The van der Waals surface area contributed by atoms with Gasteiger partial charge >= 0.3 is 0 Å². The average molecular weight is 375 g/mol. The molecule has 2 aromatic rings. The molecule has 0 saturated heterocycles. The van der Waals surface area contributed by atoms with Gasteiger partial charge in [-0.3, -0.25) is 19.3 Å². The van der Waals surface area contributed by atoms with Crippen molar-refractivity contribution in [1.82, 2.24) is 4.90 Å². The SMILES string of the molecule is O=C(CN1C(=O)c2ccc(Br)cc2C1=O)Nc1ccc(O)cc1. The highest BCUT2D eigenvalue weighted by Gasteiger charge is 2.36. The van der Waals surface area contributed by atoms with E-state index in [2.05, 4.69) is 21.2 Å². The Morgan fingerprint density at radius 3 is 2.39 bits per heavy atom. The number of nitrogens with one attached hydrogen (secondary N) is 1. The molecule has 1 heterocycles. The van der Waals surface area contributed by atoms with E-state index in [0.717, 1.165) is 4.90 Å². The van der Waals surface area contributed by atoms with Gasteiger partial charge in [-0.1, -0.05) is 15.9 Å². The van der Waals surface area contributed by atoms with Gasteiger partial charge in [-0.2, -0.15) is 0 Å². The summed E-state index contributed by atoms with van der Waals surface area (Å²) in [6.45, 7) is -0.370. The number of nitrogens with zero attached hydrogens (tertiary/aromatic N) is 1. The Balaban J connectivity index is 1.73. The maximum atomic E-state index is 12.3. The zero-order chi connectivity index (χ0) is 16.6. The Labute approximate surface area is 139 Å². The summed E-state index contributed by atoms with van der Waals surface area (Å²) in [6.07, 6.45) is 0. The molecule has 0 aromatic heterocycles. The van der Waals surface area contributed by atoms with Crippen molar-refractivity contribution >= 4 is 39.3 Å². The van der Waals surface area contributed by atoms with E-state index in [4.69, 9.17) is 0 Å². The Morgan fingerprint density at radius 2 is 1.70 bits per heavy atom. The van der Waals surface area contributed by atoms with Gasteiger partial charge in [0, 0.05) is 10.2 Å². The molecular weight excluding hydrogens is 364 g/mol. The minimum absolute atomic E-state index is 0.0777. The van der Waals surface area contributed by atoms with Crippen LogP contribution >= 0.6 is 15.9 Å². The number of aromatic hydroxyl groups is 1. The number of carbonyl (C=O) groups excluding carboxylic acids is 3. The summed E-state index contributed by atoms with van der Waals surface area (Å²) in [4.78, 5) is 37.4. The third kappa shape index (κ3) is 2.95. The molecule has 0 unspecified atom stereocenters. The minimum Gasteiger partial charge on any atom is -0.508 e. The molecule has 1 aliphatic rings. The number of hydrogen-bond acceptors (Lipinski definition) is 4. The minimum atomic E-state index is -0.496. The molecule has 0 spiro atoms. The van der Waals surface area contributed by atoms with E-state index in [9.17, 15) is 19.5 Å². The van der Waals surface area contributed by atoms with Gasteiger partial charge in [0.15, 0.2) is 0 Å². The maximum Gasteiger partial charge on any atom is 0.262 e. The highest BCUT2D eigenvalue weighted by molar-refractivity contribution is 9.10. The van der Waals surface area contributed by atoms with Crippen molar-refractivity contribution in [3.05, 3.63) is 58.1 Å². The highest BCUT2D eigenvalue weighted by Crippen LogP contribution is 2.26. The van der Waals surface area contributed by atoms with Gasteiger partial charge in [0.1, 0.15) is 12.3 Å². The van der Waals surface area contributed by atoms with Gasteiger partial charge in [-0.05, 0) is 42.5 Å². The van der Waals surface area contributed by atoms with Gasteiger partial charge < -0.3 is 10.4 Å². The standard InChI is InChI=1S/C16H11BrN2O4/c17-9-1-6-12-13(7-9)16(23)19(15(12)22)8-14(21)18-10-2-4-11(20)5-3-10/h1-7,20H,8H2,(H,18,21). The summed E-state index contributed by atoms with van der Waals surface area (Å²) in [6, 6.07) is 10.7. The fourth-order valence-corrected chi connectivity index (χ4v) is 2.66. The summed E-state index contributed by atoms with van der Waals surface area (Å²) in [7, 11) is 0. The Hall–Kier alpha value is -2.67.